The Morgan fingerprint density at radius 1 is 0.968 bits per heavy atom. The molecule has 0 amide bonds. The number of benzene rings is 3. The molecule has 0 spiro atoms. The maximum absolute atomic E-state index is 12.6. The van der Waals surface area contributed by atoms with E-state index >= 15 is 0 Å². The summed E-state index contributed by atoms with van der Waals surface area (Å²) >= 11 is 5.84. The number of carbonyl (C=O) groups is 2. The summed E-state index contributed by atoms with van der Waals surface area (Å²) < 4.78 is 6.78. The summed E-state index contributed by atoms with van der Waals surface area (Å²) in [7, 11) is 0. The first-order valence-electron chi connectivity index (χ1n) is 9.57. The van der Waals surface area contributed by atoms with Gasteiger partial charge in [-0.25, -0.2) is 14.5 Å². The summed E-state index contributed by atoms with van der Waals surface area (Å²) in [5, 5.41) is 4.88. The summed E-state index contributed by atoms with van der Waals surface area (Å²) in [6, 6.07) is 23.5. The molecule has 1 heterocycles. The van der Waals surface area contributed by atoms with Crippen molar-refractivity contribution in [1.82, 2.24) is 14.8 Å². The molecule has 4 rings (SSSR count). The number of hydrogen-bond acceptors (Lipinski definition) is 5. The van der Waals surface area contributed by atoms with E-state index < -0.39 is 12.6 Å². The zero-order valence-corrected chi connectivity index (χ0v) is 17.4. The number of ether oxygens (including phenoxy) is 1. The summed E-state index contributed by atoms with van der Waals surface area (Å²) in [6.45, 7) is 1.56. The minimum atomic E-state index is -0.772. The second-order valence-electron chi connectivity index (χ2n) is 6.88. The van der Waals surface area contributed by atoms with Crippen molar-refractivity contribution in [3.8, 4) is 17.1 Å². The Morgan fingerprint density at radius 2 is 1.71 bits per heavy atom. The highest BCUT2D eigenvalue weighted by Crippen LogP contribution is 2.22. The molecule has 0 aliphatic carbocycles. The van der Waals surface area contributed by atoms with E-state index in [9.17, 15) is 9.59 Å². The van der Waals surface area contributed by atoms with Crippen molar-refractivity contribution in [1.29, 1.82) is 0 Å². The average Bonchev–Trinajstić information content (AvgIpc) is 3.24. The van der Waals surface area contributed by atoms with Crippen molar-refractivity contribution in [3.05, 3.63) is 101 Å². The fraction of sp³-hybridized carbons (Fsp3) is 0.0833. The molecule has 7 heteroatoms. The smallest absolute Gasteiger partial charge is 0.378 e. The normalized spacial score (nSPS) is 10.6. The van der Waals surface area contributed by atoms with E-state index in [1.165, 1.54) is 0 Å². The van der Waals surface area contributed by atoms with Crippen LogP contribution in [0.2, 0.25) is 5.02 Å². The number of aryl methyl sites for hydroxylation is 1. The lowest BCUT2D eigenvalue weighted by atomic mass is 10.1. The van der Waals surface area contributed by atoms with Gasteiger partial charge in [-0.15, -0.1) is 5.10 Å². The van der Waals surface area contributed by atoms with E-state index in [2.05, 4.69) is 10.1 Å². The van der Waals surface area contributed by atoms with Crippen molar-refractivity contribution in [2.45, 2.75) is 6.92 Å². The minimum Gasteiger partial charge on any atom is -0.451 e. The molecule has 0 saturated carbocycles. The van der Waals surface area contributed by atoms with Gasteiger partial charge in [0.25, 0.3) is 5.82 Å². The molecule has 0 saturated heterocycles. The Morgan fingerprint density at radius 3 is 2.42 bits per heavy atom. The second-order valence-corrected chi connectivity index (χ2v) is 7.32. The van der Waals surface area contributed by atoms with Gasteiger partial charge >= 0.3 is 5.97 Å². The highest BCUT2D eigenvalue weighted by Gasteiger charge is 2.21. The van der Waals surface area contributed by atoms with Crippen LogP contribution in [0.1, 0.15) is 26.5 Å². The van der Waals surface area contributed by atoms with E-state index in [-0.39, 0.29) is 11.6 Å². The molecule has 0 fully saturated rings. The van der Waals surface area contributed by atoms with Gasteiger partial charge < -0.3 is 4.74 Å². The summed E-state index contributed by atoms with van der Waals surface area (Å²) in [4.78, 5) is 29.3. The number of aromatic nitrogens is 3. The van der Waals surface area contributed by atoms with E-state index in [1.807, 2.05) is 61.5 Å². The lowest BCUT2D eigenvalue weighted by Crippen LogP contribution is -2.15. The molecule has 0 bridgehead atoms. The number of carbonyl (C=O) groups excluding carboxylic acids is 2. The molecule has 0 atom stereocenters. The summed E-state index contributed by atoms with van der Waals surface area (Å²) in [5.74, 6) is -0.733. The van der Waals surface area contributed by atoms with Crippen LogP contribution in [0.15, 0.2) is 78.9 Å². The maximum Gasteiger partial charge on any atom is 0.378 e. The predicted octanol–water partition coefficient (Wildman–Crippen LogP) is 4.94. The van der Waals surface area contributed by atoms with Crippen LogP contribution in [-0.2, 0) is 4.74 Å². The molecule has 0 aliphatic heterocycles. The third kappa shape index (κ3) is 4.70. The lowest BCUT2D eigenvalue weighted by Gasteiger charge is -2.06. The van der Waals surface area contributed by atoms with Crippen molar-refractivity contribution in [2.75, 3.05) is 6.61 Å². The van der Waals surface area contributed by atoms with Crippen LogP contribution >= 0.6 is 11.6 Å². The molecular formula is C24H18ClN3O3. The molecule has 0 aliphatic rings. The van der Waals surface area contributed by atoms with Crippen molar-refractivity contribution in [3.63, 3.8) is 0 Å². The van der Waals surface area contributed by atoms with E-state index in [4.69, 9.17) is 16.3 Å². The number of halogens is 1. The zero-order valence-electron chi connectivity index (χ0n) is 16.7. The van der Waals surface area contributed by atoms with Gasteiger partial charge in [-0.2, -0.15) is 0 Å². The highest BCUT2D eigenvalue weighted by molar-refractivity contribution is 6.30. The largest absolute Gasteiger partial charge is 0.451 e. The quantitative estimate of drug-likeness (QED) is 0.319. The first-order chi connectivity index (χ1) is 15.0. The minimum absolute atomic E-state index is 0.121. The average molecular weight is 432 g/mol. The monoisotopic (exact) mass is 431 g/mol. The lowest BCUT2D eigenvalue weighted by molar-refractivity contribution is 0.0462. The Hall–Kier alpha value is -3.77. The SMILES string of the molecule is Cc1cccc(-n2nc(C(=O)OCC(=O)c3ccc(Cl)cc3)nc2-c2ccccc2)c1. The molecule has 3 aromatic carbocycles. The fourth-order valence-corrected chi connectivity index (χ4v) is 3.15. The van der Waals surface area contributed by atoms with E-state index in [0.717, 1.165) is 16.8 Å². The van der Waals surface area contributed by atoms with Crippen LogP contribution in [0, 0.1) is 6.92 Å². The molecule has 31 heavy (non-hydrogen) atoms. The van der Waals surface area contributed by atoms with Gasteiger partial charge in [0.05, 0.1) is 5.69 Å². The van der Waals surface area contributed by atoms with Crippen molar-refractivity contribution >= 4 is 23.4 Å². The molecule has 1 aromatic heterocycles. The highest BCUT2D eigenvalue weighted by atomic mass is 35.5. The van der Waals surface area contributed by atoms with Gasteiger partial charge in [0.2, 0.25) is 0 Å². The number of Topliss-reactive ketones (excluding diaryl/α,β-unsaturated/α-hetero) is 1. The van der Waals surface area contributed by atoms with Crippen LogP contribution in [0.3, 0.4) is 0 Å². The van der Waals surface area contributed by atoms with Crippen molar-refractivity contribution in [2.24, 2.45) is 0 Å². The number of rotatable bonds is 6. The van der Waals surface area contributed by atoms with Gasteiger partial charge in [-0.3, -0.25) is 4.79 Å². The Labute approximate surface area is 184 Å². The number of esters is 1. The second kappa shape index (κ2) is 8.93. The topological polar surface area (TPSA) is 74.1 Å². The first-order valence-corrected chi connectivity index (χ1v) is 9.94. The molecule has 154 valence electrons. The number of ketones is 1. The van der Waals surface area contributed by atoms with E-state index in [0.29, 0.717) is 16.4 Å². The Kier molecular flexibility index (Phi) is 5.91. The predicted molar refractivity (Wildman–Crippen MR) is 118 cm³/mol. The van der Waals surface area contributed by atoms with Crippen LogP contribution in [0.25, 0.3) is 17.1 Å². The Balaban J connectivity index is 1.60. The number of hydrogen-bond donors (Lipinski definition) is 0. The van der Waals surface area contributed by atoms with Gasteiger partial charge in [0.15, 0.2) is 18.2 Å². The third-order valence-electron chi connectivity index (χ3n) is 4.57. The number of nitrogens with zero attached hydrogens (tertiary/aromatic N) is 3. The third-order valence-corrected chi connectivity index (χ3v) is 4.82. The summed E-state index contributed by atoms with van der Waals surface area (Å²) in [5.41, 5.74) is 3.01. The van der Waals surface area contributed by atoms with Crippen molar-refractivity contribution < 1.29 is 14.3 Å². The Bertz CT molecular complexity index is 1230. The standard InChI is InChI=1S/C24H18ClN3O3/c1-16-6-5-9-20(14-16)28-23(18-7-3-2-4-8-18)26-22(27-28)24(30)31-15-21(29)17-10-12-19(25)13-11-17/h2-14H,15H2,1H3. The van der Waals surface area contributed by atoms with Gasteiger partial charge in [-0.05, 0) is 48.9 Å². The molecule has 0 radical (unpaired) electrons. The van der Waals surface area contributed by atoms with Gasteiger partial charge in [0.1, 0.15) is 0 Å². The summed E-state index contributed by atoms with van der Waals surface area (Å²) in [6.07, 6.45) is 0. The van der Waals surface area contributed by atoms with Gasteiger partial charge in [0, 0.05) is 16.1 Å². The molecule has 4 aromatic rings. The van der Waals surface area contributed by atoms with Crippen LogP contribution < -0.4 is 0 Å². The molecular weight excluding hydrogens is 414 g/mol. The van der Waals surface area contributed by atoms with Crippen LogP contribution in [0.5, 0.6) is 0 Å². The fourth-order valence-electron chi connectivity index (χ4n) is 3.03. The molecule has 6 nitrogen and oxygen atoms in total. The first kappa shape index (κ1) is 20.5. The maximum atomic E-state index is 12.6. The van der Waals surface area contributed by atoms with E-state index in [1.54, 1.807) is 28.9 Å². The molecule has 0 unspecified atom stereocenters. The van der Waals surface area contributed by atoms with Crippen LogP contribution in [0.4, 0.5) is 0 Å². The molecule has 0 N–H and O–H groups in total. The van der Waals surface area contributed by atoms with Gasteiger partial charge in [-0.1, -0.05) is 54.1 Å². The zero-order chi connectivity index (χ0) is 21.8. The van der Waals surface area contributed by atoms with Crippen LogP contribution in [-0.4, -0.2) is 33.1 Å².